The first kappa shape index (κ1) is 8.63. The van der Waals surface area contributed by atoms with Crippen LogP contribution in [-0.2, 0) is 0 Å². The van der Waals surface area contributed by atoms with Crippen molar-refractivity contribution in [2.24, 2.45) is 5.92 Å². The third-order valence-corrected chi connectivity index (χ3v) is 2.60. The molecule has 64 valence electrons. The largest absolute Gasteiger partial charge is 0.372 e. The molecule has 0 bridgehead atoms. The van der Waals surface area contributed by atoms with E-state index in [1.54, 1.807) is 0 Å². The van der Waals surface area contributed by atoms with Crippen molar-refractivity contribution < 1.29 is 0 Å². The topological polar surface area (TPSA) is 3.24 Å². The molecule has 0 aromatic heterocycles. The Labute approximate surface area is 70.1 Å². The summed E-state index contributed by atoms with van der Waals surface area (Å²) in [4.78, 5) is 2.45. The van der Waals surface area contributed by atoms with E-state index in [2.05, 4.69) is 32.3 Å². The number of hydrogen-bond acceptors (Lipinski definition) is 1. The standard InChI is InChI=1S/C10H19N/c1-5-9(3)11-7-8(2)6-10(11)4/h8,10H,3,5-7H2,1-2,4H3/t8-,10?/m1/s1. The highest BCUT2D eigenvalue weighted by Crippen LogP contribution is 2.26. The Morgan fingerprint density at radius 3 is 2.55 bits per heavy atom. The molecule has 1 rings (SSSR count). The molecule has 1 aliphatic heterocycles. The molecule has 0 aromatic rings. The van der Waals surface area contributed by atoms with Crippen LogP contribution < -0.4 is 0 Å². The van der Waals surface area contributed by atoms with E-state index in [0.717, 1.165) is 18.4 Å². The molecule has 0 spiro atoms. The van der Waals surface area contributed by atoms with Crippen LogP contribution in [0.3, 0.4) is 0 Å². The van der Waals surface area contributed by atoms with Gasteiger partial charge in [0.2, 0.25) is 0 Å². The minimum atomic E-state index is 0.720. The minimum Gasteiger partial charge on any atom is -0.372 e. The molecule has 0 N–H and O–H groups in total. The van der Waals surface area contributed by atoms with Gasteiger partial charge in [-0.15, -0.1) is 0 Å². The van der Waals surface area contributed by atoms with Gasteiger partial charge in [0.25, 0.3) is 0 Å². The maximum Gasteiger partial charge on any atom is 0.0261 e. The summed E-state index contributed by atoms with van der Waals surface area (Å²) in [7, 11) is 0. The van der Waals surface area contributed by atoms with Crippen LogP contribution in [0.15, 0.2) is 12.3 Å². The van der Waals surface area contributed by atoms with E-state index in [9.17, 15) is 0 Å². The van der Waals surface area contributed by atoms with E-state index in [-0.39, 0.29) is 0 Å². The SMILES string of the molecule is C=C(CC)N1C[C@H](C)CC1C. The summed E-state index contributed by atoms with van der Waals surface area (Å²) >= 11 is 0. The van der Waals surface area contributed by atoms with E-state index in [4.69, 9.17) is 0 Å². The van der Waals surface area contributed by atoms with Gasteiger partial charge >= 0.3 is 0 Å². The Balaban J connectivity index is 2.52. The monoisotopic (exact) mass is 153 g/mol. The Morgan fingerprint density at radius 1 is 1.55 bits per heavy atom. The van der Waals surface area contributed by atoms with Crippen LogP contribution in [0.5, 0.6) is 0 Å². The fraction of sp³-hybridized carbons (Fsp3) is 0.800. The zero-order valence-electron chi connectivity index (χ0n) is 7.93. The van der Waals surface area contributed by atoms with Crippen LogP contribution in [-0.4, -0.2) is 17.5 Å². The lowest BCUT2D eigenvalue weighted by Gasteiger charge is -2.25. The first-order valence-electron chi connectivity index (χ1n) is 4.59. The number of likely N-dealkylation sites (tertiary alicyclic amines) is 1. The summed E-state index contributed by atoms with van der Waals surface area (Å²) in [6, 6.07) is 0.720. The van der Waals surface area contributed by atoms with Gasteiger partial charge in [0, 0.05) is 18.3 Å². The van der Waals surface area contributed by atoms with Gasteiger partial charge in [-0.05, 0) is 25.7 Å². The Morgan fingerprint density at radius 2 is 2.18 bits per heavy atom. The Kier molecular flexibility index (Phi) is 2.58. The van der Waals surface area contributed by atoms with Crippen LogP contribution >= 0.6 is 0 Å². The number of rotatable bonds is 2. The molecule has 1 aliphatic rings. The molecule has 1 saturated heterocycles. The molecule has 0 saturated carbocycles. The highest BCUT2D eigenvalue weighted by molar-refractivity contribution is 4.99. The molecule has 11 heavy (non-hydrogen) atoms. The zero-order chi connectivity index (χ0) is 8.43. The maximum absolute atomic E-state index is 4.07. The summed E-state index contributed by atoms with van der Waals surface area (Å²) in [5, 5.41) is 0. The van der Waals surface area contributed by atoms with Crippen molar-refractivity contribution in [3.8, 4) is 0 Å². The average molecular weight is 153 g/mol. The molecule has 1 fully saturated rings. The second-order valence-corrected chi connectivity index (χ2v) is 3.76. The molecule has 1 heterocycles. The Bertz CT molecular complexity index is 151. The lowest BCUT2D eigenvalue weighted by Crippen LogP contribution is -2.25. The fourth-order valence-corrected chi connectivity index (χ4v) is 1.94. The summed E-state index contributed by atoms with van der Waals surface area (Å²) in [6.45, 7) is 12.1. The average Bonchev–Trinajstić information content (AvgIpc) is 2.28. The van der Waals surface area contributed by atoms with Crippen LogP contribution in [0.25, 0.3) is 0 Å². The lowest BCUT2D eigenvalue weighted by molar-refractivity contribution is 0.329. The molecule has 1 heteroatoms. The van der Waals surface area contributed by atoms with Gasteiger partial charge in [-0.1, -0.05) is 20.4 Å². The van der Waals surface area contributed by atoms with Crippen molar-refractivity contribution in [3.63, 3.8) is 0 Å². The van der Waals surface area contributed by atoms with E-state index < -0.39 is 0 Å². The predicted octanol–water partition coefficient (Wildman–Crippen LogP) is 2.64. The first-order valence-corrected chi connectivity index (χ1v) is 4.59. The normalized spacial score (nSPS) is 31.0. The van der Waals surface area contributed by atoms with Crippen LogP contribution in [0.2, 0.25) is 0 Å². The van der Waals surface area contributed by atoms with E-state index >= 15 is 0 Å². The zero-order valence-corrected chi connectivity index (χ0v) is 7.93. The fourth-order valence-electron chi connectivity index (χ4n) is 1.94. The van der Waals surface area contributed by atoms with Crippen LogP contribution in [0.4, 0.5) is 0 Å². The summed E-state index contributed by atoms with van der Waals surface area (Å²) in [6.07, 6.45) is 2.43. The molecular weight excluding hydrogens is 134 g/mol. The van der Waals surface area contributed by atoms with Gasteiger partial charge < -0.3 is 4.90 Å². The maximum atomic E-state index is 4.07. The number of nitrogens with zero attached hydrogens (tertiary/aromatic N) is 1. The van der Waals surface area contributed by atoms with E-state index in [1.807, 2.05) is 0 Å². The summed E-state index contributed by atoms with van der Waals surface area (Å²) < 4.78 is 0. The molecule has 1 unspecified atom stereocenters. The molecule has 0 aliphatic carbocycles. The first-order chi connectivity index (χ1) is 5.15. The number of hydrogen-bond donors (Lipinski definition) is 0. The van der Waals surface area contributed by atoms with E-state index in [1.165, 1.54) is 18.7 Å². The predicted molar refractivity (Wildman–Crippen MR) is 49.4 cm³/mol. The molecule has 0 radical (unpaired) electrons. The van der Waals surface area contributed by atoms with Crippen molar-refractivity contribution in [2.45, 2.75) is 39.7 Å². The minimum absolute atomic E-state index is 0.720. The highest BCUT2D eigenvalue weighted by atomic mass is 15.2. The van der Waals surface area contributed by atoms with Crippen molar-refractivity contribution in [1.29, 1.82) is 0 Å². The quantitative estimate of drug-likeness (QED) is 0.589. The third kappa shape index (κ3) is 1.76. The Hall–Kier alpha value is -0.460. The third-order valence-electron chi connectivity index (χ3n) is 2.60. The summed E-state index contributed by atoms with van der Waals surface area (Å²) in [5.74, 6) is 0.855. The second kappa shape index (κ2) is 3.29. The molecule has 1 nitrogen and oxygen atoms in total. The second-order valence-electron chi connectivity index (χ2n) is 3.76. The molecule has 0 amide bonds. The van der Waals surface area contributed by atoms with Crippen LogP contribution in [0.1, 0.15) is 33.6 Å². The van der Waals surface area contributed by atoms with E-state index in [0.29, 0.717) is 0 Å². The van der Waals surface area contributed by atoms with Gasteiger partial charge in [-0.2, -0.15) is 0 Å². The lowest BCUT2D eigenvalue weighted by atomic mass is 10.1. The van der Waals surface area contributed by atoms with Crippen molar-refractivity contribution >= 4 is 0 Å². The van der Waals surface area contributed by atoms with Crippen molar-refractivity contribution in [1.82, 2.24) is 4.90 Å². The van der Waals surface area contributed by atoms with Gasteiger partial charge in [0.05, 0.1) is 0 Å². The smallest absolute Gasteiger partial charge is 0.0261 e. The number of allylic oxidation sites excluding steroid dienone is 1. The van der Waals surface area contributed by atoms with Gasteiger partial charge in [0.15, 0.2) is 0 Å². The molecule has 2 atom stereocenters. The van der Waals surface area contributed by atoms with Crippen LogP contribution in [0, 0.1) is 5.92 Å². The van der Waals surface area contributed by atoms with Crippen molar-refractivity contribution in [3.05, 3.63) is 12.3 Å². The van der Waals surface area contributed by atoms with Gasteiger partial charge in [-0.25, -0.2) is 0 Å². The molecular formula is C10H19N. The van der Waals surface area contributed by atoms with Gasteiger partial charge in [0.1, 0.15) is 0 Å². The van der Waals surface area contributed by atoms with Crippen molar-refractivity contribution in [2.75, 3.05) is 6.54 Å². The highest BCUT2D eigenvalue weighted by Gasteiger charge is 2.25. The van der Waals surface area contributed by atoms with Gasteiger partial charge in [-0.3, -0.25) is 0 Å². The molecule has 0 aromatic carbocycles. The summed E-state index contributed by atoms with van der Waals surface area (Å²) in [5.41, 5.74) is 1.31.